The van der Waals surface area contributed by atoms with E-state index in [1.807, 2.05) is 0 Å². The van der Waals surface area contributed by atoms with Crippen LogP contribution in [0.3, 0.4) is 0 Å². The van der Waals surface area contributed by atoms with Crippen molar-refractivity contribution in [2.75, 3.05) is 52.6 Å². The van der Waals surface area contributed by atoms with Crippen LogP contribution in [0.5, 0.6) is 0 Å². The van der Waals surface area contributed by atoms with Gasteiger partial charge in [0, 0.05) is 52.6 Å². The summed E-state index contributed by atoms with van der Waals surface area (Å²) >= 11 is 0. The van der Waals surface area contributed by atoms with E-state index in [1.54, 1.807) is 0 Å². The minimum absolute atomic E-state index is 0.665. The Morgan fingerprint density at radius 2 is 0.958 bits per heavy atom. The quantitative estimate of drug-likeness (QED) is 0.455. The normalized spacial score (nSPS) is 25.8. The molecule has 8 nitrogen and oxygen atoms in total. The predicted octanol–water partition coefficient (Wildman–Crippen LogP) is -2.74. The highest BCUT2D eigenvalue weighted by Gasteiger charge is 2.38. The third kappa shape index (κ3) is 5.41. The van der Waals surface area contributed by atoms with Gasteiger partial charge in [0.25, 0.3) is 0 Å². The highest BCUT2D eigenvalue weighted by Crippen LogP contribution is 2.34. The number of nitrogens with one attached hydrogen (secondary N) is 2. The van der Waals surface area contributed by atoms with Crippen molar-refractivity contribution in [3.05, 3.63) is 0 Å². The molecule has 0 bridgehead atoms. The lowest BCUT2D eigenvalue weighted by Crippen LogP contribution is -2.55. The Bertz CT molecular complexity index is 378. The molecule has 138 valence electrons. The molecule has 4 aliphatic heterocycles. The number of hydrogen-bond acceptors (Lipinski definition) is 8. The first-order valence-corrected chi connectivity index (χ1v) is 8.46. The highest BCUT2D eigenvalue weighted by molar-refractivity contribution is 6.25. The van der Waals surface area contributed by atoms with Gasteiger partial charge < -0.3 is 39.9 Å². The van der Waals surface area contributed by atoms with Crippen LogP contribution in [0.1, 0.15) is 25.7 Å². The lowest BCUT2D eigenvalue weighted by Gasteiger charge is -2.45. The molecule has 0 aromatic rings. The molecule has 4 saturated heterocycles. The number of hydrogen-bond donors (Lipinski definition) is 2. The lowest BCUT2D eigenvalue weighted by molar-refractivity contribution is -0.345. The monoisotopic (exact) mass is 342 g/mol. The van der Waals surface area contributed by atoms with E-state index in [0.717, 1.165) is 26.4 Å². The molecule has 24 heavy (non-hydrogen) atoms. The first kappa shape index (κ1) is 19.1. The summed E-state index contributed by atoms with van der Waals surface area (Å²) < 4.78 is 10.5. The maximum Gasteiger partial charge on any atom is 0.0870 e. The molecule has 0 amide bonds. The van der Waals surface area contributed by atoms with Crippen LogP contribution < -0.4 is 20.8 Å². The van der Waals surface area contributed by atoms with E-state index < -0.39 is 11.9 Å². The molecule has 0 atom stereocenters. The molecule has 4 aliphatic rings. The first-order valence-electron chi connectivity index (χ1n) is 8.46. The van der Waals surface area contributed by atoms with Crippen molar-refractivity contribution in [2.24, 2.45) is 10.8 Å². The number of aliphatic carboxylic acids is 2. The second-order valence-electron chi connectivity index (χ2n) is 7.01. The zero-order valence-corrected chi connectivity index (χ0v) is 13.9. The fraction of sp³-hybridized carbons (Fsp3) is 0.875. The smallest absolute Gasteiger partial charge is 0.0870 e. The zero-order valence-electron chi connectivity index (χ0n) is 13.9. The summed E-state index contributed by atoms with van der Waals surface area (Å²) in [7, 11) is 0. The molecule has 4 heterocycles. The van der Waals surface area contributed by atoms with Crippen molar-refractivity contribution in [3.8, 4) is 0 Å². The lowest BCUT2D eigenvalue weighted by atomic mass is 9.75. The Labute approximate surface area is 141 Å². The molecular formula is C16H26N2O6-2. The minimum atomic E-state index is -2.19. The Morgan fingerprint density at radius 1 is 0.667 bits per heavy atom. The fourth-order valence-electron chi connectivity index (χ4n) is 3.27. The van der Waals surface area contributed by atoms with Gasteiger partial charge in [-0.3, -0.25) is 0 Å². The predicted molar refractivity (Wildman–Crippen MR) is 80.7 cm³/mol. The molecule has 2 N–H and O–H groups in total. The Balaban J connectivity index is 0.000000134. The van der Waals surface area contributed by atoms with Crippen molar-refractivity contribution in [1.82, 2.24) is 10.6 Å². The first-order chi connectivity index (χ1) is 11.5. The van der Waals surface area contributed by atoms with Crippen molar-refractivity contribution < 1.29 is 29.3 Å². The molecule has 0 aromatic carbocycles. The minimum Gasteiger partial charge on any atom is -0.543 e. The van der Waals surface area contributed by atoms with E-state index in [0.29, 0.717) is 10.8 Å². The van der Waals surface area contributed by atoms with E-state index in [1.165, 1.54) is 51.9 Å². The molecule has 0 saturated carbocycles. The molecule has 4 rings (SSSR count). The molecule has 8 heteroatoms. The molecule has 0 aromatic heterocycles. The van der Waals surface area contributed by atoms with E-state index in [9.17, 15) is 0 Å². The van der Waals surface area contributed by atoms with Crippen LogP contribution in [0.25, 0.3) is 0 Å². The number of rotatable bonds is 0. The third-order valence-corrected chi connectivity index (χ3v) is 5.27. The van der Waals surface area contributed by atoms with Crippen molar-refractivity contribution in [1.29, 1.82) is 0 Å². The average Bonchev–Trinajstić information content (AvgIpc) is 2.55. The third-order valence-electron chi connectivity index (χ3n) is 5.27. The van der Waals surface area contributed by atoms with Crippen LogP contribution in [-0.2, 0) is 19.1 Å². The van der Waals surface area contributed by atoms with Gasteiger partial charge in [0.2, 0.25) is 0 Å². The number of carbonyl (C=O) groups excluding carboxylic acids is 2. The summed E-state index contributed by atoms with van der Waals surface area (Å²) in [5.41, 5.74) is 1.33. The van der Waals surface area contributed by atoms with Crippen LogP contribution >= 0.6 is 0 Å². The molecule has 4 fully saturated rings. The van der Waals surface area contributed by atoms with Gasteiger partial charge in [0.1, 0.15) is 0 Å². The Morgan fingerprint density at radius 3 is 1.08 bits per heavy atom. The zero-order chi connectivity index (χ0) is 17.5. The standard InChI is InChI=1S/2C7H13NO.C2H2O4/c2*1-3-9-4-2-7(1)5-8-6-7;3-1(4)2(5)6/h2*8H,1-6H2;(H,3,4)(H,5,6)/p-2. The number of carboxylic acids is 2. The van der Waals surface area contributed by atoms with Crippen LogP contribution in [0.2, 0.25) is 0 Å². The van der Waals surface area contributed by atoms with Gasteiger partial charge in [-0.1, -0.05) is 0 Å². The van der Waals surface area contributed by atoms with Crippen LogP contribution in [0.4, 0.5) is 0 Å². The maximum absolute atomic E-state index is 8.93. The molecular weight excluding hydrogens is 316 g/mol. The van der Waals surface area contributed by atoms with Gasteiger partial charge in [-0.15, -0.1) is 0 Å². The van der Waals surface area contributed by atoms with Gasteiger partial charge in [0.05, 0.1) is 11.9 Å². The summed E-state index contributed by atoms with van der Waals surface area (Å²) in [6.45, 7) is 8.88. The maximum atomic E-state index is 8.93. The number of ether oxygens (including phenoxy) is 2. The Hall–Kier alpha value is -1.22. The van der Waals surface area contributed by atoms with Crippen molar-refractivity contribution >= 4 is 11.9 Å². The van der Waals surface area contributed by atoms with Crippen molar-refractivity contribution in [3.63, 3.8) is 0 Å². The molecule has 0 aliphatic carbocycles. The second kappa shape index (κ2) is 8.75. The van der Waals surface area contributed by atoms with Crippen LogP contribution in [-0.4, -0.2) is 64.5 Å². The van der Waals surface area contributed by atoms with Gasteiger partial charge in [-0.25, -0.2) is 0 Å². The summed E-state index contributed by atoms with van der Waals surface area (Å²) in [5, 5.41) is 24.5. The number of carbonyl (C=O) groups is 2. The SMILES string of the molecule is C1CC2(CCO1)CNC2.C1CC2(CCO1)CNC2.O=C([O-])C(=O)[O-]. The van der Waals surface area contributed by atoms with Crippen LogP contribution in [0, 0.1) is 10.8 Å². The van der Waals surface area contributed by atoms with E-state index in [-0.39, 0.29) is 0 Å². The van der Waals surface area contributed by atoms with Gasteiger partial charge >= 0.3 is 0 Å². The average molecular weight is 342 g/mol. The van der Waals surface area contributed by atoms with Crippen molar-refractivity contribution in [2.45, 2.75) is 25.7 Å². The second-order valence-corrected chi connectivity index (χ2v) is 7.01. The van der Waals surface area contributed by atoms with Gasteiger partial charge in [0.15, 0.2) is 0 Å². The van der Waals surface area contributed by atoms with Gasteiger partial charge in [-0.2, -0.15) is 0 Å². The summed E-state index contributed by atoms with van der Waals surface area (Å²) in [4.78, 5) is 17.9. The van der Waals surface area contributed by atoms with E-state index in [4.69, 9.17) is 29.3 Å². The van der Waals surface area contributed by atoms with E-state index in [2.05, 4.69) is 10.6 Å². The topological polar surface area (TPSA) is 123 Å². The molecule has 0 radical (unpaired) electrons. The molecule has 2 spiro atoms. The number of carboxylic acid groups (broad SMARTS) is 2. The summed E-state index contributed by atoms with van der Waals surface area (Å²) in [6, 6.07) is 0. The highest BCUT2D eigenvalue weighted by atomic mass is 16.5. The fourth-order valence-corrected chi connectivity index (χ4v) is 3.27. The van der Waals surface area contributed by atoms with Crippen LogP contribution in [0.15, 0.2) is 0 Å². The largest absolute Gasteiger partial charge is 0.543 e. The molecule has 0 unspecified atom stereocenters. The van der Waals surface area contributed by atoms with E-state index >= 15 is 0 Å². The summed E-state index contributed by atoms with van der Waals surface area (Å²) in [5.74, 6) is -4.37. The van der Waals surface area contributed by atoms with Gasteiger partial charge in [-0.05, 0) is 36.5 Å². The summed E-state index contributed by atoms with van der Waals surface area (Å²) in [6.07, 6.45) is 5.11. The Kier molecular flexibility index (Phi) is 6.97.